The van der Waals surface area contributed by atoms with Crippen molar-refractivity contribution in [2.24, 2.45) is 0 Å². The Hall–Kier alpha value is -1.51. The number of carbonyl (C=O) groups excluding carboxylic acids is 1. The van der Waals surface area contributed by atoms with E-state index in [1.54, 1.807) is 0 Å². The summed E-state index contributed by atoms with van der Waals surface area (Å²) in [5, 5.41) is 5.93. The molecule has 3 heteroatoms. The number of carbonyl (C=O) groups is 1. The summed E-state index contributed by atoms with van der Waals surface area (Å²) < 4.78 is 0. The molecular formula is C16H24N2O. The van der Waals surface area contributed by atoms with Gasteiger partial charge in [0.25, 0.3) is 0 Å². The van der Waals surface area contributed by atoms with Crippen molar-refractivity contribution < 1.29 is 4.79 Å². The highest BCUT2D eigenvalue weighted by Crippen LogP contribution is 2.47. The second-order valence-electron chi connectivity index (χ2n) is 5.46. The van der Waals surface area contributed by atoms with Crippen LogP contribution in [0.15, 0.2) is 30.3 Å². The van der Waals surface area contributed by atoms with Crippen LogP contribution in [0.4, 0.5) is 4.79 Å². The molecular weight excluding hydrogens is 236 g/mol. The maximum Gasteiger partial charge on any atom is 0.314 e. The van der Waals surface area contributed by atoms with Crippen LogP contribution in [0.25, 0.3) is 0 Å². The molecule has 2 amide bonds. The van der Waals surface area contributed by atoms with Crippen molar-refractivity contribution in [2.45, 2.75) is 44.4 Å². The van der Waals surface area contributed by atoms with E-state index in [4.69, 9.17) is 0 Å². The zero-order valence-electron chi connectivity index (χ0n) is 11.7. The molecule has 1 aliphatic rings. The fourth-order valence-corrected chi connectivity index (χ4v) is 2.40. The van der Waals surface area contributed by atoms with E-state index in [1.807, 2.05) is 6.07 Å². The van der Waals surface area contributed by atoms with Gasteiger partial charge >= 0.3 is 6.03 Å². The summed E-state index contributed by atoms with van der Waals surface area (Å²) in [6.07, 6.45) is 5.77. The molecule has 0 spiro atoms. The smallest absolute Gasteiger partial charge is 0.314 e. The van der Waals surface area contributed by atoms with Crippen LogP contribution in [0.1, 0.15) is 44.6 Å². The Morgan fingerprint density at radius 2 is 1.89 bits per heavy atom. The van der Waals surface area contributed by atoms with Crippen molar-refractivity contribution in [3.63, 3.8) is 0 Å². The zero-order chi connectivity index (χ0) is 13.6. The molecule has 1 aromatic carbocycles. The molecule has 1 aromatic rings. The molecule has 0 aliphatic heterocycles. The van der Waals surface area contributed by atoms with Gasteiger partial charge in [0, 0.05) is 18.5 Å². The van der Waals surface area contributed by atoms with Crippen LogP contribution in [0.2, 0.25) is 0 Å². The largest absolute Gasteiger partial charge is 0.338 e. The molecule has 1 aliphatic carbocycles. The molecule has 19 heavy (non-hydrogen) atoms. The Morgan fingerprint density at radius 3 is 2.53 bits per heavy atom. The van der Waals surface area contributed by atoms with Gasteiger partial charge in [0.15, 0.2) is 0 Å². The first kappa shape index (κ1) is 13.9. The third-order valence-corrected chi connectivity index (χ3v) is 3.89. The van der Waals surface area contributed by atoms with E-state index in [0.29, 0.717) is 0 Å². The monoisotopic (exact) mass is 260 g/mol. The van der Waals surface area contributed by atoms with Gasteiger partial charge < -0.3 is 10.6 Å². The third-order valence-electron chi connectivity index (χ3n) is 3.89. The maximum atomic E-state index is 11.7. The fraction of sp³-hybridized carbons (Fsp3) is 0.562. The summed E-state index contributed by atoms with van der Waals surface area (Å²) in [6, 6.07) is 10.5. The summed E-state index contributed by atoms with van der Waals surface area (Å²) >= 11 is 0. The molecule has 0 saturated heterocycles. The van der Waals surface area contributed by atoms with Crippen LogP contribution in [-0.4, -0.2) is 19.1 Å². The highest BCUT2D eigenvalue weighted by atomic mass is 16.2. The average Bonchev–Trinajstić information content (AvgIpc) is 3.24. The molecule has 2 rings (SSSR count). The highest BCUT2D eigenvalue weighted by Gasteiger charge is 2.44. The number of nitrogens with one attached hydrogen (secondary N) is 2. The Balaban J connectivity index is 1.72. The first-order valence-corrected chi connectivity index (χ1v) is 7.34. The number of amides is 2. The van der Waals surface area contributed by atoms with Gasteiger partial charge in [-0.1, -0.05) is 50.1 Å². The van der Waals surface area contributed by atoms with E-state index in [1.165, 1.54) is 31.2 Å². The van der Waals surface area contributed by atoms with Crippen LogP contribution in [0.5, 0.6) is 0 Å². The van der Waals surface area contributed by atoms with E-state index < -0.39 is 0 Å². The maximum absolute atomic E-state index is 11.7. The van der Waals surface area contributed by atoms with Crippen molar-refractivity contribution in [3.05, 3.63) is 35.9 Å². The topological polar surface area (TPSA) is 41.1 Å². The molecule has 104 valence electrons. The van der Waals surface area contributed by atoms with E-state index in [-0.39, 0.29) is 11.4 Å². The standard InChI is InChI=1S/C16H24N2O/c1-2-3-7-12-17-15(19)18-13-16(10-11-16)14-8-5-4-6-9-14/h4-6,8-9H,2-3,7,10-13H2,1H3,(H2,17,18,19). The van der Waals surface area contributed by atoms with Crippen molar-refractivity contribution in [3.8, 4) is 0 Å². The van der Waals surface area contributed by atoms with Gasteiger partial charge in [-0.25, -0.2) is 4.79 Å². The number of hydrogen-bond donors (Lipinski definition) is 2. The minimum absolute atomic E-state index is 0.0293. The van der Waals surface area contributed by atoms with Crippen molar-refractivity contribution in [2.75, 3.05) is 13.1 Å². The van der Waals surface area contributed by atoms with E-state index in [0.717, 1.165) is 19.5 Å². The van der Waals surface area contributed by atoms with E-state index >= 15 is 0 Å². The quantitative estimate of drug-likeness (QED) is 0.726. The third kappa shape index (κ3) is 3.98. The lowest BCUT2D eigenvalue weighted by molar-refractivity contribution is 0.239. The second-order valence-corrected chi connectivity index (χ2v) is 5.46. The van der Waals surface area contributed by atoms with Crippen molar-refractivity contribution in [1.29, 1.82) is 0 Å². The van der Waals surface area contributed by atoms with Gasteiger partial charge in [-0.3, -0.25) is 0 Å². The Bertz CT molecular complexity index is 398. The van der Waals surface area contributed by atoms with E-state index in [9.17, 15) is 4.79 Å². The second kappa shape index (κ2) is 6.60. The first-order chi connectivity index (χ1) is 9.27. The zero-order valence-corrected chi connectivity index (χ0v) is 11.7. The lowest BCUT2D eigenvalue weighted by Gasteiger charge is -2.16. The summed E-state index contributed by atoms with van der Waals surface area (Å²) in [7, 11) is 0. The van der Waals surface area contributed by atoms with Crippen LogP contribution >= 0.6 is 0 Å². The lowest BCUT2D eigenvalue weighted by Crippen LogP contribution is -2.40. The van der Waals surface area contributed by atoms with Crippen molar-refractivity contribution in [1.82, 2.24) is 10.6 Å². The first-order valence-electron chi connectivity index (χ1n) is 7.34. The van der Waals surface area contributed by atoms with Gasteiger partial charge in [0.05, 0.1) is 0 Å². The lowest BCUT2D eigenvalue weighted by atomic mass is 9.96. The van der Waals surface area contributed by atoms with Crippen LogP contribution < -0.4 is 10.6 Å². The van der Waals surface area contributed by atoms with Gasteiger partial charge in [0.2, 0.25) is 0 Å². The number of urea groups is 1. The number of rotatable bonds is 7. The summed E-state index contributed by atoms with van der Waals surface area (Å²) in [6.45, 7) is 3.69. The molecule has 1 fully saturated rings. The van der Waals surface area contributed by atoms with Gasteiger partial charge in [-0.15, -0.1) is 0 Å². The number of unbranched alkanes of at least 4 members (excludes halogenated alkanes) is 2. The molecule has 2 N–H and O–H groups in total. The fourth-order valence-electron chi connectivity index (χ4n) is 2.40. The predicted octanol–water partition coefficient (Wildman–Crippen LogP) is 3.21. The molecule has 1 saturated carbocycles. The molecule has 0 heterocycles. The molecule has 0 atom stereocenters. The molecule has 0 radical (unpaired) electrons. The summed E-state index contributed by atoms with van der Waals surface area (Å²) in [5.74, 6) is 0. The molecule has 0 unspecified atom stereocenters. The normalized spacial score (nSPS) is 15.8. The highest BCUT2D eigenvalue weighted by molar-refractivity contribution is 5.74. The predicted molar refractivity (Wildman–Crippen MR) is 78.3 cm³/mol. The van der Waals surface area contributed by atoms with Crippen LogP contribution in [0, 0.1) is 0 Å². The average molecular weight is 260 g/mol. The van der Waals surface area contributed by atoms with Gasteiger partial charge in [-0.2, -0.15) is 0 Å². The SMILES string of the molecule is CCCCCNC(=O)NCC1(c2ccccc2)CC1. The summed E-state index contributed by atoms with van der Waals surface area (Å²) in [5.41, 5.74) is 1.54. The van der Waals surface area contributed by atoms with Gasteiger partial charge in [-0.05, 0) is 24.8 Å². The number of hydrogen-bond acceptors (Lipinski definition) is 1. The molecule has 0 bridgehead atoms. The minimum Gasteiger partial charge on any atom is -0.338 e. The van der Waals surface area contributed by atoms with Gasteiger partial charge in [0.1, 0.15) is 0 Å². The Labute approximate surface area is 115 Å². The van der Waals surface area contributed by atoms with Crippen LogP contribution in [0.3, 0.4) is 0 Å². The van der Waals surface area contributed by atoms with Crippen LogP contribution in [-0.2, 0) is 5.41 Å². The molecule has 0 aromatic heterocycles. The van der Waals surface area contributed by atoms with Crippen molar-refractivity contribution >= 4 is 6.03 Å². The minimum atomic E-state index is -0.0293. The Morgan fingerprint density at radius 1 is 1.16 bits per heavy atom. The molecule has 3 nitrogen and oxygen atoms in total. The number of benzene rings is 1. The van der Waals surface area contributed by atoms with E-state index in [2.05, 4.69) is 41.8 Å². The Kier molecular flexibility index (Phi) is 4.83. The summed E-state index contributed by atoms with van der Waals surface area (Å²) in [4.78, 5) is 11.7.